The van der Waals surface area contributed by atoms with Gasteiger partial charge in [0.2, 0.25) is 0 Å². The molecule has 0 aliphatic rings. The third kappa shape index (κ3) is 1.66. The van der Waals surface area contributed by atoms with Crippen LogP contribution in [0, 0.1) is 6.92 Å². The van der Waals surface area contributed by atoms with Gasteiger partial charge in [-0.05, 0) is 19.1 Å². The second-order valence-electron chi connectivity index (χ2n) is 3.71. The van der Waals surface area contributed by atoms with Crippen LogP contribution in [0.3, 0.4) is 0 Å². The summed E-state index contributed by atoms with van der Waals surface area (Å²) in [5, 5.41) is 10.6. The SMILES string of the molecule is COc1c(C(O)OC)[nH]c2ccc(C)cc12. The summed E-state index contributed by atoms with van der Waals surface area (Å²) in [5.41, 5.74) is 2.61. The monoisotopic (exact) mass is 221 g/mol. The predicted octanol–water partition coefficient (Wildman–Crippen LogP) is 2.12. The van der Waals surface area contributed by atoms with Gasteiger partial charge in [0.1, 0.15) is 5.69 Å². The molecule has 0 saturated heterocycles. The fraction of sp³-hybridized carbons (Fsp3) is 0.333. The van der Waals surface area contributed by atoms with Crippen LogP contribution in [0.2, 0.25) is 0 Å². The van der Waals surface area contributed by atoms with E-state index in [9.17, 15) is 5.11 Å². The smallest absolute Gasteiger partial charge is 0.199 e. The molecule has 2 aromatic rings. The molecule has 1 atom stereocenters. The van der Waals surface area contributed by atoms with E-state index in [1.165, 1.54) is 7.11 Å². The van der Waals surface area contributed by atoms with Gasteiger partial charge in [0.05, 0.1) is 7.11 Å². The molecule has 0 aliphatic carbocycles. The number of nitrogens with one attached hydrogen (secondary N) is 1. The summed E-state index contributed by atoms with van der Waals surface area (Å²) in [6, 6.07) is 5.97. The Morgan fingerprint density at radius 1 is 1.31 bits per heavy atom. The van der Waals surface area contributed by atoms with E-state index in [2.05, 4.69) is 4.98 Å². The van der Waals surface area contributed by atoms with Crippen molar-refractivity contribution >= 4 is 10.9 Å². The van der Waals surface area contributed by atoms with Crippen molar-refractivity contribution in [1.29, 1.82) is 0 Å². The summed E-state index contributed by atoms with van der Waals surface area (Å²) in [5.74, 6) is 0.632. The average molecular weight is 221 g/mol. The molecule has 86 valence electrons. The van der Waals surface area contributed by atoms with Crippen LogP contribution in [-0.2, 0) is 4.74 Å². The fourth-order valence-electron chi connectivity index (χ4n) is 1.81. The molecule has 1 unspecified atom stereocenters. The Labute approximate surface area is 93.8 Å². The van der Waals surface area contributed by atoms with Gasteiger partial charge in [0, 0.05) is 18.0 Å². The number of aromatic nitrogens is 1. The highest BCUT2D eigenvalue weighted by atomic mass is 16.6. The number of benzene rings is 1. The molecule has 0 saturated carbocycles. The Hall–Kier alpha value is -1.52. The van der Waals surface area contributed by atoms with Gasteiger partial charge >= 0.3 is 0 Å². The van der Waals surface area contributed by atoms with Gasteiger partial charge in [-0.1, -0.05) is 11.6 Å². The molecular formula is C12H15NO3. The summed E-state index contributed by atoms with van der Waals surface area (Å²) in [6.45, 7) is 2.01. The first kappa shape index (κ1) is 11.0. The van der Waals surface area contributed by atoms with Crippen molar-refractivity contribution in [2.24, 2.45) is 0 Å². The Morgan fingerprint density at radius 3 is 2.69 bits per heavy atom. The number of aromatic amines is 1. The molecule has 4 nitrogen and oxygen atoms in total. The second kappa shape index (κ2) is 4.15. The number of fused-ring (bicyclic) bond motifs is 1. The lowest BCUT2D eigenvalue weighted by Crippen LogP contribution is -2.01. The normalized spacial score (nSPS) is 13.0. The molecule has 2 rings (SSSR count). The summed E-state index contributed by atoms with van der Waals surface area (Å²) in [4.78, 5) is 3.09. The first-order valence-corrected chi connectivity index (χ1v) is 5.04. The molecule has 0 fully saturated rings. The van der Waals surface area contributed by atoms with Crippen LogP contribution in [-0.4, -0.2) is 24.3 Å². The molecule has 1 aromatic carbocycles. The van der Waals surface area contributed by atoms with Crippen LogP contribution in [0.15, 0.2) is 18.2 Å². The Balaban J connectivity index is 2.66. The van der Waals surface area contributed by atoms with Crippen molar-refractivity contribution in [1.82, 2.24) is 4.98 Å². The van der Waals surface area contributed by atoms with Crippen LogP contribution in [0.1, 0.15) is 17.5 Å². The van der Waals surface area contributed by atoms with Gasteiger partial charge in [-0.3, -0.25) is 0 Å². The number of rotatable bonds is 3. The Kier molecular flexibility index (Phi) is 2.85. The lowest BCUT2D eigenvalue weighted by atomic mass is 10.1. The standard InChI is InChI=1S/C12H15NO3/c1-7-4-5-9-8(6-7)11(15-2)10(13-9)12(14)16-3/h4-6,12-14H,1-3H3. The molecule has 0 amide bonds. The van der Waals surface area contributed by atoms with E-state index < -0.39 is 6.29 Å². The van der Waals surface area contributed by atoms with Crippen LogP contribution >= 0.6 is 0 Å². The number of hydrogen-bond donors (Lipinski definition) is 2. The number of aryl methyl sites for hydroxylation is 1. The minimum atomic E-state index is -0.998. The topological polar surface area (TPSA) is 54.5 Å². The van der Waals surface area contributed by atoms with Gasteiger partial charge < -0.3 is 19.6 Å². The number of methoxy groups -OCH3 is 2. The number of aliphatic hydroxyl groups excluding tert-OH is 1. The maximum absolute atomic E-state index is 9.68. The first-order valence-electron chi connectivity index (χ1n) is 5.04. The Bertz CT molecular complexity index is 504. The van der Waals surface area contributed by atoms with E-state index >= 15 is 0 Å². The van der Waals surface area contributed by atoms with E-state index in [0.717, 1.165) is 16.5 Å². The molecular weight excluding hydrogens is 206 g/mol. The molecule has 1 aromatic heterocycles. The van der Waals surface area contributed by atoms with Crippen molar-refractivity contribution in [3.05, 3.63) is 29.5 Å². The molecule has 16 heavy (non-hydrogen) atoms. The van der Waals surface area contributed by atoms with Gasteiger partial charge in [-0.2, -0.15) is 0 Å². The number of H-pyrrole nitrogens is 1. The van der Waals surface area contributed by atoms with Gasteiger partial charge in [0.25, 0.3) is 0 Å². The molecule has 0 spiro atoms. The lowest BCUT2D eigenvalue weighted by molar-refractivity contribution is -0.0805. The molecule has 2 N–H and O–H groups in total. The molecule has 1 heterocycles. The van der Waals surface area contributed by atoms with E-state index in [4.69, 9.17) is 9.47 Å². The third-order valence-electron chi connectivity index (χ3n) is 2.61. The third-order valence-corrected chi connectivity index (χ3v) is 2.61. The molecule has 4 heteroatoms. The minimum absolute atomic E-state index is 0.547. The maximum atomic E-state index is 9.68. The van der Waals surface area contributed by atoms with Crippen LogP contribution < -0.4 is 4.74 Å². The second-order valence-corrected chi connectivity index (χ2v) is 3.71. The molecule has 0 aliphatic heterocycles. The van der Waals surface area contributed by atoms with E-state index in [1.807, 2.05) is 25.1 Å². The fourth-order valence-corrected chi connectivity index (χ4v) is 1.81. The maximum Gasteiger partial charge on any atom is 0.199 e. The predicted molar refractivity (Wildman–Crippen MR) is 61.6 cm³/mol. The summed E-state index contributed by atoms with van der Waals surface area (Å²) < 4.78 is 10.2. The summed E-state index contributed by atoms with van der Waals surface area (Å²) >= 11 is 0. The quantitative estimate of drug-likeness (QED) is 0.780. The first-order chi connectivity index (χ1) is 7.67. The van der Waals surface area contributed by atoms with Crippen LogP contribution in [0.25, 0.3) is 10.9 Å². The highest BCUT2D eigenvalue weighted by Crippen LogP contribution is 2.34. The van der Waals surface area contributed by atoms with Gasteiger partial charge in [-0.15, -0.1) is 0 Å². The van der Waals surface area contributed by atoms with Crippen LogP contribution in [0.5, 0.6) is 5.75 Å². The van der Waals surface area contributed by atoms with E-state index in [-0.39, 0.29) is 0 Å². The summed E-state index contributed by atoms with van der Waals surface area (Å²) in [7, 11) is 3.03. The summed E-state index contributed by atoms with van der Waals surface area (Å²) in [6.07, 6.45) is -0.998. The highest BCUT2D eigenvalue weighted by Gasteiger charge is 2.18. The zero-order valence-electron chi connectivity index (χ0n) is 9.57. The zero-order chi connectivity index (χ0) is 11.7. The van der Waals surface area contributed by atoms with E-state index in [1.54, 1.807) is 7.11 Å². The van der Waals surface area contributed by atoms with Gasteiger partial charge in [-0.25, -0.2) is 0 Å². The van der Waals surface area contributed by atoms with Crippen molar-refractivity contribution in [3.8, 4) is 5.75 Å². The molecule has 0 bridgehead atoms. The minimum Gasteiger partial charge on any atom is -0.494 e. The van der Waals surface area contributed by atoms with Crippen molar-refractivity contribution in [2.75, 3.05) is 14.2 Å². The highest BCUT2D eigenvalue weighted by molar-refractivity contribution is 5.88. The molecule has 0 radical (unpaired) electrons. The Morgan fingerprint density at radius 2 is 2.06 bits per heavy atom. The average Bonchev–Trinajstić information content (AvgIpc) is 2.65. The van der Waals surface area contributed by atoms with Crippen molar-refractivity contribution in [3.63, 3.8) is 0 Å². The van der Waals surface area contributed by atoms with Gasteiger partial charge in [0.15, 0.2) is 12.0 Å². The number of aliphatic hydroxyl groups is 1. The number of hydrogen-bond acceptors (Lipinski definition) is 3. The largest absolute Gasteiger partial charge is 0.494 e. The van der Waals surface area contributed by atoms with E-state index in [0.29, 0.717) is 11.4 Å². The zero-order valence-corrected chi connectivity index (χ0v) is 9.57. The lowest BCUT2D eigenvalue weighted by Gasteiger charge is -2.08. The number of ether oxygens (including phenoxy) is 2. The van der Waals surface area contributed by atoms with Crippen LogP contribution in [0.4, 0.5) is 0 Å². The van der Waals surface area contributed by atoms with Crippen molar-refractivity contribution < 1.29 is 14.6 Å². The van der Waals surface area contributed by atoms with Crippen molar-refractivity contribution in [2.45, 2.75) is 13.2 Å².